The summed E-state index contributed by atoms with van der Waals surface area (Å²) in [5.74, 6) is -4.33. The van der Waals surface area contributed by atoms with Crippen molar-refractivity contribution in [2.24, 2.45) is 5.92 Å². The second-order valence-electron chi connectivity index (χ2n) is 7.28. The molecular formula is C23H24F4O. The van der Waals surface area contributed by atoms with Crippen LogP contribution in [0.15, 0.2) is 36.6 Å². The Kier molecular flexibility index (Phi) is 6.42. The first kappa shape index (κ1) is 20.4. The summed E-state index contributed by atoms with van der Waals surface area (Å²) >= 11 is 0. The van der Waals surface area contributed by atoms with E-state index in [0.717, 1.165) is 32.1 Å². The quantitative estimate of drug-likeness (QED) is 0.378. The molecule has 0 unspecified atom stereocenters. The van der Waals surface area contributed by atoms with Crippen molar-refractivity contribution >= 4 is 0 Å². The van der Waals surface area contributed by atoms with Gasteiger partial charge in [-0.1, -0.05) is 31.6 Å². The molecule has 0 N–H and O–H groups in total. The van der Waals surface area contributed by atoms with Crippen LogP contribution in [0, 0.1) is 29.2 Å². The van der Waals surface area contributed by atoms with Gasteiger partial charge in [-0.15, -0.1) is 0 Å². The van der Waals surface area contributed by atoms with Crippen LogP contribution in [-0.2, 0) is 0 Å². The predicted octanol–water partition coefficient (Wildman–Crippen LogP) is 7.51. The molecule has 150 valence electrons. The fourth-order valence-electron chi connectivity index (χ4n) is 3.94. The summed E-state index contributed by atoms with van der Waals surface area (Å²) in [4.78, 5) is 0. The molecule has 1 aliphatic carbocycles. The first-order chi connectivity index (χ1) is 13.5. The number of allylic oxidation sites excluding steroid dienone is 1. The third-order valence-corrected chi connectivity index (χ3v) is 5.64. The van der Waals surface area contributed by atoms with Gasteiger partial charge >= 0.3 is 0 Å². The van der Waals surface area contributed by atoms with Gasteiger partial charge in [0.1, 0.15) is 0 Å². The highest BCUT2D eigenvalue weighted by molar-refractivity contribution is 5.66. The van der Waals surface area contributed by atoms with Gasteiger partial charge in [0, 0.05) is 11.1 Å². The Labute approximate surface area is 163 Å². The second-order valence-corrected chi connectivity index (χ2v) is 7.28. The minimum atomic E-state index is -1.27. The summed E-state index contributed by atoms with van der Waals surface area (Å²) in [5.41, 5.74) is -0.301. The van der Waals surface area contributed by atoms with Crippen molar-refractivity contribution < 1.29 is 22.3 Å². The smallest absolute Gasteiger partial charge is 0.201 e. The molecule has 0 bridgehead atoms. The third kappa shape index (κ3) is 3.94. The third-order valence-electron chi connectivity index (χ3n) is 5.64. The van der Waals surface area contributed by atoms with Crippen LogP contribution in [0.3, 0.4) is 0 Å². The normalized spacial score (nSPS) is 19.9. The van der Waals surface area contributed by atoms with E-state index in [1.54, 1.807) is 6.92 Å². The molecular weight excluding hydrogens is 368 g/mol. The Morgan fingerprint density at radius 2 is 1.46 bits per heavy atom. The van der Waals surface area contributed by atoms with Crippen molar-refractivity contribution in [2.45, 2.75) is 51.9 Å². The van der Waals surface area contributed by atoms with E-state index in [4.69, 9.17) is 4.74 Å². The molecule has 1 aliphatic rings. The van der Waals surface area contributed by atoms with Gasteiger partial charge in [0.15, 0.2) is 23.2 Å². The van der Waals surface area contributed by atoms with E-state index in [0.29, 0.717) is 11.5 Å². The molecule has 5 heteroatoms. The molecule has 2 aromatic carbocycles. The molecule has 28 heavy (non-hydrogen) atoms. The summed E-state index contributed by atoms with van der Waals surface area (Å²) in [5, 5.41) is 0. The van der Waals surface area contributed by atoms with E-state index in [2.05, 4.69) is 6.92 Å². The largest absolute Gasteiger partial charge is 0.462 e. The van der Waals surface area contributed by atoms with Crippen LogP contribution >= 0.6 is 0 Å². The van der Waals surface area contributed by atoms with Crippen molar-refractivity contribution in [1.29, 1.82) is 0 Å². The summed E-state index contributed by atoms with van der Waals surface area (Å²) in [7, 11) is 0. The molecule has 0 radical (unpaired) electrons. The van der Waals surface area contributed by atoms with E-state index >= 15 is 0 Å². The fraction of sp³-hybridized carbons (Fsp3) is 0.391. The Hall–Kier alpha value is -2.30. The Morgan fingerprint density at radius 1 is 0.857 bits per heavy atom. The first-order valence-corrected chi connectivity index (χ1v) is 9.71. The molecule has 1 saturated carbocycles. The van der Waals surface area contributed by atoms with Crippen molar-refractivity contribution in [1.82, 2.24) is 0 Å². The van der Waals surface area contributed by atoms with Gasteiger partial charge in [0.05, 0.1) is 6.26 Å². The Balaban J connectivity index is 1.92. The molecule has 0 spiro atoms. The lowest BCUT2D eigenvalue weighted by Gasteiger charge is -2.28. The van der Waals surface area contributed by atoms with Crippen LogP contribution in [0.1, 0.15) is 57.4 Å². The topological polar surface area (TPSA) is 9.23 Å². The second kappa shape index (κ2) is 8.80. The van der Waals surface area contributed by atoms with Crippen molar-refractivity contribution in [3.8, 4) is 16.9 Å². The monoisotopic (exact) mass is 392 g/mol. The highest BCUT2D eigenvalue weighted by Gasteiger charge is 2.27. The summed E-state index contributed by atoms with van der Waals surface area (Å²) < 4.78 is 63.1. The number of halogens is 4. The SMILES string of the molecule is CC=COc1ccc(-c2ccc(C3CCC(CC)CC3)c(F)c2F)c(F)c1F. The molecule has 0 aromatic heterocycles. The van der Waals surface area contributed by atoms with Gasteiger partial charge < -0.3 is 4.74 Å². The van der Waals surface area contributed by atoms with Crippen LogP contribution in [0.4, 0.5) is 17.6 Å². The zero-order chi connectivity index (χ0) is 20.3. The van der Waals surface area contributed by atoms with E-state index in [9.17, 15) is 17.6 Å². The van der Waals surface area contributed by atoms with Crippen LogP contribution in [0.5, 0.6) is 5.75 Å². The lowest BCUT2D eigenvalue weighted by Crippen LogP contribution is -2.14. The highest BCUT2D eigenvalue weighted by atomic mass is 19.2. The molecule has 0 aliphatic heterocycles. The minimum absolute atomic E-state index is 0.0375. The lowest BCUT2D eigenvalue weighted by molar-refractivity contribution is 0.312. The molecule has 1 fully saturated rings. The van der Waals surface area contributed by atoms with Gasteiger partial charge in [-0.05, 0) is 62.1 Å². The summed E-state index contributed by atoms with van der Waals surface area (Å²) in [6, 6.07) is 5.24. The maximum absolute atomic E-state index is 14.8. The van der Waals surface area contributed by atoms with Gasteiger partial charge in [-0.25, -0.2) is 13.2 Å². The van der Waals surface area contributed by atoms with Gasteiger partial charge in [0.25, 0.3) is 0 Å². The van der Waals surface area contributed by atoms with Crippen LogP contribution in [-0.4, -0.2) is 0 Å². The number of rotatable bonds is 5. The molecule has 1 nitrogen and oxygen atoms in total. The van der Waals surface area contributed by atoms with E-state index < -0.39 is 23.3 Å². The van der Waals surface area contributed by atoms with E-state index in [-0.39, 0.29) is 22.8 Å². The minimum Gasteiger partial charge on any atom is -0.462 e. The molecule has 2 aromatic rings. The first-order valence-electron chi connectivity index (χ1n) is 9.71. The molecule has 0 saturated heterocycles. The molecule has 3 rings (SSSR count). The van der Waals surface area contributed by atoms with Crippen LogP contribution < -0.4 is 4.74 Å². The van der Waals surface area contributed by atoms with Crippen LogP contribution in [0.2, 0.25) is 0 Å². The molecule has 0 amide bonds. The molecule has 0 atom stereocenters. The van der Waals surface area contributed by atoms with Crippen molar-refractivity contribution in [2.75, 3.05) is 0 Å². The van der Waals surface area contributed by atoms with Crippen LogP contribution in [0.25, 0.3) is 11.1 Å². The van der Waals surface area contributed by atoms with Gasteiger partial charge in [-0.3, -0.25) is 0 Å². The zero-order valence-corrected chi connectivity index (χ0v) is 16.1. The number of hydrogen-bond donors (Lipinski definition) is 0. The predicted molar refractivity (Wildman–Crippen MR) is 102 cm³/mol. The molecule has 0 heterocycles. The lowest BCUT2D eigenvalue weighted by atomic mass is 9.77. The Morgan fingerprint density at radius 3 is 2.07 bits per heavy atom. The standard InChI is InChI=1S/C23H24F4O/c1-3-13-28-19-12-11-18(22(26)23(19)27)17-10-9-16(20(24)21(17)25)15-7-5-14(4-2)6-8-15/h3,9-15H,4-8H2,1-2H3. The highest BCUT2D eigenvalue weighted by Crippen LogP contribution is 2.40. The van der Waals surface area contributed by atoms with Crippen molar-refractivity contribution in [3.63, 3.8) is 0 Å². The van der Waals surface area contributed by atoms with E-state index in [1.807, 2.05) is 0 Å². The summed E-state index contributed by atoms with van der Waals surface area (Å²) in [6.07, 6.45) is 7.45. The fourth-order valence-corrected chi connectivity index (χ4v) is 3.94. The maximum Gasteiger partial charge on any atom is 0.201 e. The number of benzene rings is 2. The average Bonchev–Trinajstić information content (AvgIpc) is 2.72. The summed E-state index contributed by atoms with van der Waals surface area (Å²) in [6.45, 7) is 3.81. The average molecular weight is 392 g/mol. The van der Waals surface area contributed by atoms with E-state index in [1.165, 1.54) is 36.6 Å². The van der Waals surface area contributed by atoms with Gasteiger partial charge in [0.2, 0.25) is 5.82 Å². The van der Waals surface area contributed by atoms with Gasteiger partial charge in [-0.2, -0.15) is 4.39 Å². The van der Waals surface area contributed by atoms with Crippen molar-refractivity contribution in [3.05, 3.63) is 65.4 Å². The maximum atomic E-state index is 14.8. The zero-order valence-electron chi connectivity index (χ0n) is 16.1. The number of hydrogen-bond acceptors (Lipinski definition) is 1. The Bertz CT molecular complexity index is 867. The number of ether oxygens (including phenoxy) is 1.